The van der Waals surface area contributed by atoms with Crippen molar-refractivity contribution in [2.24, 2.45) is 0 Å². The number of nitrogens with one attached hydrogen (secondary N) is 1. The van der Waals surface area contributed by atoms with Crippen LogP contribution in [-0.4, -0.2) is 23.6 Å². The van der Waals surface area contributed by atoms with Gasteiger partial charge in [-0.1, -0.05) is 12.1 Å². The van der Waals surface area contributed by atoms with Gasteiger partial charge in [0, 0.05) is 11.3 Å². The zero-order valence-electron chi connectivity index (χ0n) is 12.5. The average Bonchev–Trinajstić information content (AvgIpc) is 2.51. The number of carbonyl (C=O) groups is 2. The molecule has 0 atom stereocenters. The molecular weight excluding hydrogens is 362 g/mol. The number of rotatable bonds is 6. The smallest absolute Gasteiger partial charge is 0.307 e. The highest BCUT2D eigenvalue weighted by atomic mass is 79.9. The number of aliphatic carboxylic acids is 1. The van der Waals surface area contributed by atoms with Crippen LogP contribution in [0, 0.1) is 0 Å². The molecule has 1 amide bonds. The SMILES string of the molecule is CCOc1ccc(C(=O)Nc2ccc(CC(=O)O)cc2)cc1Br. The number of carboxylic acid groups (broad SMARTS) is 1. The zero-order valence-corrected chi connectivity index (χ0v) is 14.1. The molecule has 0 heterocycles. The fourth-order valence-corrected chi connectivity index (χ4v) is 2.49. The molecule has 120 valence electrons. The quantitative estimate of drug-likeness (QED) is 0.803. The van der Waals surface area contributed by atoms with Crippen molar-refractivity contribution in [3.05, 3.63) is 58.1 Å². The number of amides is 1. The highest BCUT2D eigenvalue weighted by Gasteiger charge is 2.10. The van der Waals surface area contributed by atoms with E-state index in [1.165, 1.54) is 0 Å². The molecule has 0 radical (unpaired) electrons. The molecule has 23 heavy (non-hydrogen) atoms. The molecule has 2 rings (SSSR count). The van der Waals surface area contributed by atoms with E-state index < -0.39 is 5.97 Å². The maximum absolute atomic E-state index is 12.2. The topological polar surface area (TPSA) is 75.6 Å². The number of carbonyl (C=O) groups excluding carboxylic acids is 1. The lowest BCUT2D eigenvalue weighted by atomic mass is 10.1. The number of benzene rings is 2. The molecular formula is C17H16BrNO4. The van der Waals surface area contributed by atoms with Gasteiger partial charge in [0.1, 0.15) is 5.75 Å². The van der Waals surface area contributed by atoms with Gasteiger partial charge in [0.05, 0.1) is 17.5 Å². The molecule has 0 saturated carbocycles. The lowest BCUT2D eigenvalue weighted by Gasteiger charge is -2.09. The molecule has 0 saturated heterocycles. The van der Waals surface area contributed by atoms with E-state index in [1.54, 1.807) is 42.5 Å². The highest BCUT2D eigenvalue weighted by Crippen LogP contribution is 2.26. The Morgan fingerprint density at radius 1 is 1.17 bits per heavy atom. The van der Waals surface area contributed by atoms with Crippen LogP contribution in [0.3, 0.4) is 0 Å². The Hall–Kier alpha value is -2.34. The first-order valence-electron chi connectivity index (χ1n) is 7.04. The van der Waals surface area contributed by atoms with E-state index in [-0.39, 0.29) is 12.3 Å². The van der Waals surface area contributed by atoms with E-state index in [4.69, 9.17) is 9.84 Å². The number of halogens is 1. The Kier molecular flexibility index (Phi) is 5.76. The maximum Gasteiger partial charge on any atom is 0.307 e. The van der Waals surface area contributed by atoms with E-state index in [2.05, 4.69) is 21.2 Å². The Balaban J connectivity index is 2.06. The van der Waals surface area contributed by atoms with Crippen LogP contribution in [0.1, 0.15) is 22.8 Å². The van der Waals surface area contributed by atoms with Crippen molar-refractivity contribution >= 4 is 33.5 Å². The molecule has 0 unspecified atom stereocenters. The molecule has 0 aliphatic carbocycles. The van der Waals surface area contributed by atoms with Crippen LogP contribution in [0.4, 0.5) is 5.69 Å². The summed E-state index contributed by atoms with van der Waals surface area (Å²) in [5.41, 5.74) is 1.78. The van der Waals surface area contributed by atoms with Crippen molar-refractivity contribution in [3.63, 3.8) is 0 Å². The Labute approximate surface area is 142 Å². The number of carboxylic acids is 1. The summed E-state index contributed by atoms with van der Waals surface area (Å²) in [4.78, 5) is 22.9. The maximum atomic E-state index is 12.2. The minimum Gasteiger partial charge on any atom is -0.493 e. The van der Waals surface area contributed by atoms with Crippen LogP contribution in [0.15, 0.2) is 46.9 Å². The van der Waals surface area contributed by atoms with Gasteiger partial charge in [-0.25, -0.2) is 0 Å². The van der Waals surface area contributed by atoms with Crippen molar-refractivity contribution in [2.75, 3.05) is 11.9 Å². The van der Waals surface area contributed by atoms with E-state index in [0.29, 0.717) is 33.6 Å². The summed E-state index contributed by atoms with van der Waals surface area (Å²) < 4.78 is 6.12. The summed E-state index contributed by atoms with van der Waals surface area (Å²) in [7, 11) is 0. The van der Waals surface area contributed by atoms with Gasteiger partial charge in [0.15, 0.2) is 0 Å². The van der Waals surface area contributed by atoms with Crippen molar-refractivity contribution in [2.45, 2.75) is 13.3 Å². The number of hydrogen-bond donors (Lipinski definition) is 2. The van der Waals surface area contributed by atoms with Crippen LogP contribution in [0.25, 0.3) is 0 Å². The predicted molar refractivity (Wildman–Crippen MR) is 91.0 cm³/mol. The summed E-state index contributed by atoms with van der Waals surface area (Å²) in [6.07, 6.45) is -0.0416. The van der Waals surface area contributed by atoms with Crippen LogP contribution < -0.4 is 10.1 Å². The van der Waals surface area contributed by atoms with Crippen molar-refractivity contribution < 1.29 is 19.4 Å². The van der Waals surface area contributed by atoms with E-state index in [9.17, 15) is 9.59 Å². The second-order valence-electron chi connectivity index (χ2n) is 4.80. The number of hydrogen-bond acceptors (Lipinski definition) is 3. The third-order valence-electron chi connectivity index (χ3n) is 3.06. The van der Waals surface area contributed by atoms with Crippen molar-refractivity contribution in [1.29, 1.82) is 0 Å². The molecule has 2 aromatic rings. The van der Waals surface area contributed by atoms with Gasteiger partial charge in [-0.2, -0.15) is 0 Å². The summed E-state index contributed by atoms with van der Waals surface area (Å²) >= 11 is 3.37. The van der Waals surface area contributed by atoms with Crippen molar-refractivity contribution in [1.82, 2.24) is 0 Å². The monoisotopic (exact) mass is 377 g/mol. The van der Waals surface area contributed by atoms with Gasteiger partial charge < -0.3 is 15.2 Å². The first-order chi connectivity index (χ1) is 11.0. The molecule has 2 N–H and O–H groups in total. The molecule has 0 aromatic heterocycles. The van der Waals surface area contributed by atoms with Gasteiger partial charge in [0.2, 0.25) is 0 Å². The molecule has 0 fully saturated rings. The Morgan fingerprint density at radius 3 is 2.43 bits per heavy atom. The summed E-state index contributed by atoms with van der Waals surface area (Å²) in [6.45, 7) is 2.44. The van der Waals surface area contributed by atoms with E-state index in [1.807, 2.05) is 6.92 Å². The highest BCUT2D eigenvalue weighted by molar-refractivity contribution is 9.10. The van der Waals surface area contributed by atoms with Gasteiger partial charge in [-0.15, -0.1) is 0 Å². The van der Waals surface area contributed by atoms with Crippen LogP contribution in [-0.2, 0) is 11.2 Å². The molecule has 0 bridgehead atoms. The number of anilines is 1. The second-order valence-corrected chi connectivity index (χ2v) is 5.65. The Morgan fingerprint density at radius 2 is 1.87 bits per heavy atom. The molecule has 6 heteroatoms. The normalized spacial score (nSPS) is 10.2. The average molecular weight is 378 g/mol. The van der Waals surface area contributed by atoms with E-state index in [0.717, 1.165) is 0 Å². The van der Waals surface area contributed by atoms with Gasteiger partial charge in [-0.3, -0.25) is 9.59 Å². The first kappa shape index (κ1) is 17.0. The largest absolute Gasteiger partial charge is 0.493 e. The van der Waals surface area contributed by atoms with Gasteiger partial charge in [-0.05, 0) is 58.7 Å². The second kappa shape index (κ2) is 7.78. The van der Waals surface area contributed by atoms with Crippen LogP contribution in [0.5, 0.6) is 5.75 Å². The molecule has 2 aromatic carbocycles. The third-order valence-corrected chi connectivity index (χ3v) is 3.68. The van der Waals surface area contributed by atoms with Gasteiger partial charge in [0.25, 0.3) is 5.91 Å². The van der Waals surface area contributed by atoms with E-state index >= 15 is 0 Å². The minimum atomic E-state index is -0.888. The summed E-state index contributed by atoms with van der Waals surface area (Å²) in [6, 6.07) is 11.8. The molecule has 0 spiro atoms. The van der Waals surface area contributed by atoms with Crippen LogP contribution in [0.2, 0.25) is 0 Å². The summed E-state index contributed by atoms with van der Waals surface area (Å²) in [5.74, 6) is -0.456. The lowest BCUT2D eigenvalue weighted by molar-refractivity contribution is -0.136. The third kappa shape index (κ3) is 4.82. The standard InChI is InChI=1S/C17H16BrNO4/c1-2-23-15-8-5-12(10-14(15)18)17(22)19-13-6-3-11(4-7-13)9-16(20)21/h3-8,10H,2,9H2,1H3,(H,19,22)(H,20,21). The molecule has 0 aliphatic rings. The van der Waals surface area contributed by atoms with Gasteiger partial charge >= 0.3 is 5.97 Å². The Bertz CT molecular complexity index is 713. The predicted octanol–water partition coefficient (Wildman–Crippen LogP) is 3.73. The molecule has 0 aliphatic heterocycles. The van der Waals surface area contributed by atoms with Crippen molar-refractivity contribution in [3.8, 4) is 5.75 Å². The first-order valence-corrected chi connectivity index (χ1v) is 7.83. The number of ether oxygens (including phenoxy) is 1. The summed E-state index contributed by atoms with van der Waals surface area (Å²) in [5, 5.41) is 11.5. The molecule has 5 nitrogen and oxygen atoms in total. The van der Waals surface area contributed by atoms with Crippen LogP contribution >= 0.6 is 15.9 Å². The minimum absolute atomic E-state index is 0.0416. The zero-order chi connectivity index (χ0) is 16.8. The lowest BCUT2D eigenvalue weighted by Crippen LogP contribution is -2.12. The fraction of sp³-hybridized carbons (Fsp3) is 0.176. The fourth-order valence-electron chi connectivity index (χ4n) is 2.00.